The molecule has 11 nitrogen and oxygen atoms in total. The van der Waals surface area contributed by atoms with Gasteiger partial charge in [0.05, 0.1) is 12.6 Å². The first kappa shape index (κ1) is 31.8. The van der Waals surface area contributed by atoms with Crippen LogP contribution in [0.2, 0.25) is 0 Å². The van der Waals surface area contributed by atoms with Crippen molar-refractivity contribution < 1.29 is 33.3 Å². The van der Waals surface area contributed by atoms with E-state index >= 15 is 4.39 Å². The molecule has 2 aromatic rings. The Morgan fingerprint density at radius 2 is 1.85 bits per heavy atom. The van der Waals surface area contributed by atoms with Crippen molar-refractivity contribution in [1.82, 2.24) is 30.5 Å². The van der Waals surface area contributed by atoms with Gasteiger partial charge < -0.3 is 20.3 Å². The van der Waals surface area contributed by atoms with Crippen LogP contribution < -0.4 is 10.7 Å². The topological polar surface area (TPSA) is 142 Å². The fraction of sp³-hybridized carbons (Fsp3) is 0.560. The lowest BCUT2D eigenvalue weighted by Gasteiger charge is -2.43. The molecule has 0 spiro atoms. The van der Waals surface area contributed by atoms with Crippen LogP contribution in [0.5, 0.6) is 0 Å². The molecular weight excluding hydrogens is 534 g/mol. The third kappa shape index (κ3) is 8.30. The number of benzene rings is 1. The molecule has 14 heteroatoms. The zero-order chi connectivity index (χ0) is 29.8. The molecule has 0 fully saturated rings. The summed E-state index contributed by atoms with van der Waals surface area (Å²) < 4.78 is 35.4. The van der Waals surface area contributed by atoms with Crippen molar-refractivity contribution in [1.29, 1.82) is 0 Å². The van der Waals surface area contributed by atoms with Gasteiger partial charge in [-0.1, -0.05) is 19.9 Å². The van der Waals surface area contributed by atoms with Gasteiger partial charge in [0.1, 0.15) is 41.0 Å². The van der Waals surface area contributed by atoms with E-state index in [2.05, 4.69) is 20.8 Å². The summed E-state index contributed by atoms with van der Waals surface area (Å²) in [5, 5.41) is 29.4. The van der Waals surface area contributed by atoms with Crippen molar-refractivity contribution in [3.8, 4) is 0 Å². The highest BCUT2D eigenvalue weighted by atomic mass is 32.1. The molecule has 3 unspecified atom stereocenters. The summed E-state index contributed by atoms with van der Waals surface area (Å²) in [6.07, 6.45) is 1.68. The molecule has 0 bridgehead atoms. The second-order valence-corrected chi connectivity index (χ2v) is 11.4. The maximum absolute atomic E-state index is 15.1. The van der Waals surface area contributed by atoms with Crippen molar-refractivity contribution >= 4 is 29.4 Å². The number of hydrogen-bond acceptors (Lipinski definition) is 7. The fourth-order valence-electron chi connectivity index (χ4n) is 4.09. The largest absolute Gasteiger partial charge is 0.480 e. The van der Waals surface area contributed by atoms with E-state index in [1.54, 1.807) is 20.8 Å². The van der Waals surface area contributed by atoms with Crippen LogP contribution in [-0.2, 0) is 21.7 Å². The number of hydrazine groups is 1. The Hall–Kier alpha value is -3.39. The Balaban J connectivity index is 2.62. The van der Waals surface area contributed by atoms with Crippen LogP contribution in [0, 0.1) is 17.6 Å². The van der Waals surface area contributed by atoms with E-state index < -0.39 is 53.0 Å². The fourth-order valence-corrected chi connectivity index (χ4v) is 4.51. The van der Waals surface area contributed by atoms with Gasteiger partial charge in [-0.3, -0.25) is 5.01 Å². The Morgan fingerprint density at radius 3 is 2.33 bits per heavy atom. The highest BCUT2D eigenvalue weighted by Crippen LogP contribution is 2.33. The molecule has 39 heavy (non-hydrogen) atoms. The SMILES string of the molecule is CC(C)CC(C)(NC(=S)N(NC(=O)OC(C)(C)C)C(C)C(O)(Cn1cncn1)c1ccc(F)cc1F)C(=O)O. The molecule has 3 atom stereocenters. The standard InChI is InChI=1S/C25H36F2N6O5S/c1-15(2)11-24(7,20(34)35)30-21(39)33(31-22(36)38-23(4,5)6)16(3)25(37,12-32-14-28-13-29-32)18-9-8-17(26)10-19(18)27/h8-10,13-16,37H,11-12H2,1-7H3,(H,30,39)(H,31,36)(H,34,35). The maximum atomic E-state index is 15.1. The predicted molar refractivity (Wildman–Crippen MR) is 142 cm³/mol. The Labute approximate surface area is 231 Å². The van der Waals surface area contributed by atoms with E-state index in [-0.39, 0.29) is 23.0 Å². The van der Waals surface area contributed by atoms with Gasteiger partial charge in [-0.15, -0.1) is 0 Å². The summed E-state index contributed by atoms with van der Waals surface area (Å²) in [5.74, 6) is -3.18. The second kappa shape index (κ2) is 12.2. The summed E-state index contributed by atoms with van der Waals surface area (Å²) in [6, 6.07) is 1.36. The number of amides is 1. The molecule has 1 aromatic carbocycles. The number of rotatable bonds is 9. The molecule has 2 rings (SSSR count). The number of halogens is 2. The highest BCUT2D eigenvalue weighted by Gasteiger charge is 2.45. The third-order valence-electron chi connectivity index (χ3n) is 5.85. The van der Waals surface area contributed by atoms with E-state index in [9.17, 15) is 24.2 Å². The number of carbonyl (C=O) groups excluding carboxylic acids is 1. The molecular formula is C25H36F2N6O5S. The number of hydrogen-bond donors (Lipinski definition) is 4. The van der Waals surface area contributed by atoms with Crippen LogP contribution in [0.3, 0.4) is 0 Å². The lowest BCUT2D eigenvalue weighted by Crippen LogP contribution is -2.65. The van der Waals surface area contributed by atoms with Gasteiger partial charge in [-0.05, 0) is 65.2 Å². The minimum atomic E-state index is -2.22. The molecule has 0 aliphatic carbocycles. The number of aliphatic hydroxyl groups is 1. The predicted octanol–water partition coefficient (Wildman–Crippen LogP) is 3.34. The molecule has 0 aliphatic heterocycles. The second-order valence-electron chi connectivity index (χ2n) is 11.0. The highest BCUT2D eigenvalue weighted by molar-refractivity contribution is 7.80. The lowest BCUT2D eigenvalue weighted by molar-refractivity contribution is -0.144. The van der Waals surface area contributed by atoms with Gasteiger partial charge >= 0.3 is 12.1 Å². The molecule has 4 N–H and O–H groups in total. The zero-order valence-corrected chi connectivity index (χ0v) is 23.8. The van der Waals surface area contributed by atoms with Crippen molar-refractivity contribution in [2.45, 2.75) is 84.2 Å². The zero-order valence-electron chi connectivity index (χ0n) is 23.0. The summed E-state index contributed by atoms with van der Waals surface area (Å²) in [4.78, 5) is 28.9. The van der Waals surface area contributed by atoms with Crippen LogP contribution >= 0.6 is 12.2 Å². The normalized spacial score (nSPS) is 15.6. The number of carbonyl (C=O) groups is 2. The van der Waals surface area contributed by atoms with Crippen LogP contribution in [-0.4, -0.2) is 64.3 Å². The van der Waals surface area contributed by atoms with Gasteiger partial charge in [-0.25, -0.2) is 33.5 Å². The molecule has 0 saturated carbocycles. The first-order chi connectivity index (χ1) is 17.9. The first-order valence-electron chi connectivity index (χ1n) is 12.2. The minimum absolute atomic E-state index is 0.0522. The van der Waals surface area contributed by atoms with Gasteiger partial charge in [-0.2, -0.15) is 5.10 Å². The van der Waals surface area contributed by atoms with E-state index in [1.165, 1.54) is 31.2 Å². The summed E-state index contributed by atoms with van der Waals surface area (Å²) in [7, 11) is 0. The van der Waals surface area contributed by atoms with Crippen molar-refractivity contribution in [3.05, 3.63) is 48.1 Å². The van der Waals surface area contributed by atoms with Crippen LogP contribution in [0.25, 0.3) is 0 Å². The molecule has 1 amide bonds. The summed E-state index contributed by atoms with van der Waals surface area (Å²) in [5.41, 5.74) is -2.58. The number of nitrogens with zero attached hydrogens (tertiary/aromatic N) is 4. The van der Waals surface area contributed by atoms with Crippen molar-refractivity contribution in [2.24, 2.45) is 5.92 Å². The van der Waals surface area contributed by atoms with Crippen LogP contribution in [0.15, 0.2) is 30.9 Å². The molecule has 1 heterocycles. The molecule has 0 aliphatic rings. The number of ether oxygens (including phenoxy) is 1. The number of nitrogens with one attached hydrogen (secondary N) is 2. The van der Waals surface area contributed by atoms with Crippen LogP contribution in [0.4, 0.5) is 13.6 Å². The smallest absolute Gasteiger partial charge is 0.426 e. The number of aliphatic carboxylic acids is 1. The van der Waals surface area contributed by atoms with Gasteiger partial charge in [0, 0.05) is 11.6 Å². The van der Waals surface area contributed by atoms with E-state index in [1.807, 2.05) is 13.8 Å². The van der Waals surface area contributed by atoms with Crippen molar-refractivity contribution in [3.63, 3.8) is 0 Å². The van der Waals surface area contributed by atoms with Gasteiger partial charge in [0.2, 0.25) is 0 Å². The molecule has 0 radical (unpaired) electrons. The van der Waals surface area contributed by atoms with E-state index in [4.69, 9.17) is 17.0 Å². The number of carboxylic acid groups (broad SMARTS) is 1. The monoisotopic (exact) mass is 570 g/mol. The van der Waals surface area contributed by atoms with Gasteiger partial charge in [0.15, 0.2) is 5.11 Å². The van der Waals surface area contributed by atoms with E-state index in [0.717, 1.165) is 17.1 Å². The third-order valence-corrected chi connectivity index (χ3v) is 6.15. The average molecular weight is 571 g/mol. The number of thiocarbonyl (C=S) groups is 1. The summed E-state index contributed by atoms with van der Waals surface area (Å²) >= 11 is 5.53. The van der Waals surface area contributed by atoms with E-state index in [0.29, 0.717) is 6.07 Å². The molecule has 0 saturated heterocycles. The van der Waals surface area contributed by atoms with Gasteiger partial charge in [0.25, 0.3) is 0 Å². The maximum Gasteiger partial charge on any atom is 0.426 e. The van der Waals surface area contributed by atoms with Crippen molar-refractivity contribution in [2.75, 3.05) is 0 Å². The molecule has 1 aromatic heterocycles. The number of carboxylic acids is 1. The average Bonchev–Trinajstić information content (AvgIpc) is 3.27. The van der Waals surface area contributed by atoms with Crippen LogP contribution in [0.1, 0.15) is 60.5 Å². The lowest BCUT2D eigenvalue weighted by atomic mass is 9.86. The number of aromatic nitrogens is 3. The molecule has 216 valence electrons. The Bertz CT molecular complexity index is 1180. The first-order valence-corrected chi connectivity index (χ1v) is 12.6. The quantitative estimate of drug-likeness (QED) is 0.262. The Kier molecular flexibility index (Phi) is 9.96. The summed E-state index contributed by atoms with van der Waals surface area (Å²) in [6.45, 7) is 11.0. The minimum Gasteiger partial charge on any atom is -0.480 e. The Morgan fingerprint density at radius 1 is 1.21 bits per heavy atom.